The largest absolute Gasteiger partial charge is 0.385 e. The summed E-state index contributed by atoms with van der Waals surface area (Å²) in [6.07, 6.45) is 2.30. The monoisotopic (exact) mass is 290 g/mol. The second-order valence-corrected chi connectivity index (χ2v) is 5.37. The molecule has 0 aliphatic carbocycles. The van der Waals surface area contributed by atoms with Crippen molar-refractivity contribution in [3.8, 4) is 0 Å². The third-order valence-corrected chi connectivity index (χ3v) is 3.85. The molecule has 4 heteroatoms. The number of para-hydroxylation sites is 1. The molecule has 0 amide bonds. The van der Waals surface area contributed by atoms with E-state index in [1.165, 1.54) is 29.3 Å². The number of hydrogen-bond donors (Lipinski definition) is 2. The third kappa shape index (κ3) is 2.73. The second kappa shape index (κ2) is 5.71. The lowest BCUT2D eigenvalue weighted by molar-refractivity contribution is 0.628. The predicted octanol–water partition coefficient (Wildman–Crippen LogP) is 4.45. The van der Waals surface area contributed by atoms with Crippen molar-refractivity contribution in [2.45, 2.75) is 19.4 Å². The van der Waals surface area contributed by atoms with Gasteiger partial charge in [-0.2, -0.15) is 0 Å². The zero-order valence-electron chi connectivity index (χ0n) is 11.0. The van der Waals surface area contributed by atoms with E-state index >= 15 is 0 Å². The molecule has 1 aliphatic heterocycles. The molecule has 0 saturated heterocycles. The first-order valence-electron chi connectivity index (χ1n) is 6.77. The van der Waals surface area contributed by atoms with Crippen molar-refractivity contribution >= 4 is 23.0 Å². The second-order valence-electron chi connectivity index (χ2n) is 4.96. The maximum Gasteiger partial charge on any atom is 0.141 e. The number of halogens is 2. The number of benzene rings is 2. The van der Waals surface area contributed by atoms with Crippen molar-refractivity contribution in [1.82, 2.24) is 0 Å². The van der Waals surface area contributed by atoms with Gasteiger partial charge in [0.15, 0.2) is 0 Å². The minimum absolute atomic E-state index is 0.142. The van der Waals surface area contributed by atoms with Gasteiger partial charge in [-0.3, -0.25) is 0 Å². The summed E-state index contributed by atoms with van der Waals surface area (Å²) in [6, 6.07) is 11.0. The highest BCUT2D eigenvalue weighted by Gasteiger charge is 2.12. The highest BCUT2D eigenvalue weighted by Crippen LogP contribution is 2.27. The Hall–Kier alpha value is -1.74. The summed E-state index contributed by atoms with van der Waals surface area (Å²) in [5.41, 5.74) is 4.65. The topological polar surface area (TPSA) is 24.1 Å². The summed E-state index contributed by atoms with van der Waals surface area (Å²) in [6.45, 7) is 1.71. The quantitative estimate of drug-likeness (QED) is 0.873. The van der Waals surface area contributed by atoms with Crippen LogP contribution in [0, 0.1) is 5.82 Å². The van der Waals surface area contributed by atoms with E-state index in [2.05, 4.69) is 28.8 Å². The summed E-state index contributed by atoms with van der Waals surface area (Å²) in [5.74, 6) is -0.393. The predicted molar refractivity (Wildman–Crippen MR) is 82.0 cm³/mol. The van der Waals surface area contributed by atoms with Crippen LogP contribution in [0.25, 0.3) is 0 Å². The highest BCUT2D eigenvalue weighted by atomic mass is 35.5. The van der Waals surface area contributed by atoms with E-state index in [9.17, 15) is 4.39 Å². The number of aryl methyl sites for hydroxylation is 1. The molecule has 0 unspecified atom stereocenters. The molecule has 0 spiro atoms. The van der Waals surface area contributed by atoms with E-state index in [1.54, 1.807) is 12.1 Å². The van der Waals surface area contributed by atoms with Crippen LogP contribution in [-0.2, 0) is 13.0 Å². The van der Waals surface area contributed by atoms with Crippen molar-refractivity contribution in [3.63, 3.8) is 0 Å². The molecule has 1 heterocycles. The van der Waals surface area contributed by atoms with Gasteiger partial charge in [0.2, 0.25) is 0 Å². The van der Waals surface area contributed by atoms with E-state index in [4.69, 9.17) is 11.6 Å². The Bertz CT molecular complexity index is 628. The van der Waals surface area contributed by atoms with Crippen molar-refractivity contribution in [2.75, 3.05) is 17.2 Å². The van der Waals surface area contributed by atoms with Gasteiger partial charge in [-0.15, -0.1) is 0 Å². The van der Waals surface area contributed by atoms with Crippen molar-refractivity contribution in [1.29, 1.82) is 0 Å². The maximum atomic E-state index is 13.1. The summed E-state index contributed by atoms with van der Waals surface area (Å²) in [4.78, 5) is 0. The van der Waals surface area contributed by atoms with Gasteiger partial charge in [-0.1, -0.05) is 29.8 Å². The molecule has 2 aromatic carbocycles. The molecule has 0 fully saturated rings. The van der Waals surface area contributed by atoms with Crippen LogP contribution in [0.1, 0.15) is 17.5 Å². The number of nitrogens with one attached hydrogen (secondary N) is 2. The summed E-state index contributed by atoms with van der Waals surface area (Å²) < 4.78 is 13.1. The van der Waals surface area contributed by atoms with E-state index in [-0.39, 0.29) is 5.02 Å². The van der Waals surface area contributed by atoms with Crippen molar-refractivity contribution < 1.29 is 4.39 Å². The lowest BCUT2D eigenvalue weighted by Gasteiger charge is -2.21. The Morgan fingerprint density at radius 3 is 3.00 bits per heavy atom. The fourth-order valence-electron chi connectivity index (χ4n) is 2.53. The molecule has 0 bridgehead atoms. The van der Waals surface area contributed by atoms with Gasteiger partial charge in [0.1, 0.15) is 5.82 Å². The lowest BCUT2D eigenvalue weighted by atomic mass is 9.99. The van der Waals surface area contributed by atoms with Gasteiger partial charge >= 0.3 is 0 Å². The van der Waals surface area contributed by atoms with Crippen LogP contribution in [0.2, 0.25) is 5.02 Å². The average Bonchev–Trinajstić information content (AvgIpc) is 2.48. The first-order valence-corrected chi connectivity index (χ1v) is 7.15. The van der Waals surface area contributed by atoms with E-state index in [0.717, 1.165) is 18.7 Å². The first kappa shape index (κ1) is 13.3. The Kier molecular flexibility index (Phi) is 3.79. The molecule has 0 saturated carbocycles. The normalized spacial score (nSPS) is 13.5. The minimum Gasteiger partial charge on any atom is -0.385 e. The Balaban J connectivity index is 1.76. The van der Waals surface area contributed by atoms with Gasteiger partial charge in [0.25, 0.3) is 0 Å². The minimum atomic E-state index is -0.393. The molecular formula is C16H16ClFN2. The Morgan fingerprint density at radius 2 is 2.15 bits per heavy atom. The Morgan fingerprint density at radius 1 is 1.25 bits per heavy atom. The van der Waals surface area contributed by atoms with Crippen LogP contribution in [-0.4, -0.2) is 6.54 Å². The molecule has 0 atom stereocenters. The molecule has 1 aliphatic rings. The van der Waals surface area contributed by atoms with E-state index < -0.39 is 5.82 Å². The Labute approximate surface area is 123 Å². The van der Waals surface area contributed by atoms with Gasteiger partial charge < -0.3 is 10.6 Å². The summed E-state index contributed by atoms with van der Waals surface area (Å²) in [7, 11) is 0. The fourth-order valence-corrected chi connectivity index (χ4v) is 2.71. The zero-order chi connectivity index (χ0) is 13.9. The molecule has 20 heavy (non-hydrogen) atoms. The van der Waals surface area contributed by atoms with Crippen LogP contribution in [0.4, 0.5) is 15.8 Å². The average molecular weight is 291 g/mol. The number of anilines is 2. The van der Waals surface area contributed by atoms with Crippen LogP contribution >= 0.6 is 11.6 Å². The van der Waals surface area contributed by atoms with Crippen LogP contribution in [0.3, 0.4) is 0 Å². The van der Waals surface area contributed by atoms with Crippen molar-refractivity contribution in [2.24, 2.45) is 0 Å². The fraction of sp³-hybridized carbons (Fsp3) is 0.250. The number of fused-ring (bicyclic) bond motifs is 1. The van der Waals surface area contributed by atoms with Gasteiger partial charge in [-0.25, -0.2) is 4.39 Å². The molecule has 0 radical (unpaired) electrons. The molecule has 0 aromatic heterocycles. The van der Waals surface area contributed by atoms with Crippen molar-refractivity contribution in [3.05, 3.63) is 58.4 Å². The smallest absolute Gasteiger partial charge is 0.141 e. The van der Waals surface area contributed by atoms with E-state index in [0.29, 0.717) is 6.54 Å². The van der Waals surface area contributed by atoms with Crippen LogP contribution in [0.15, 0.2) is 36.4 Å². The lowest BCUT2D eigenvalue weighted by Crippen LogP contribution is -2.15. The SMILES string of the molecule is Fc1ccc(NCc2cccc3c2NCCC3)cc1Cl. The molecule has 3 rings (SSSR count). The zero-order valence-corrected chi connectivity index (χ0v) is 11.8. The van der Waals surface area contributed by atoms with E-state index in [1.807, 2.05) is 0 Å². The molecule has 2 aromatic rings. The molecule has 2 nitrogen and oxygen atoms in total. The number of hydrogen-bond acceptors (Lipinski definition) is 2. The first-order chi connectivity index (χ1) is 9.74. The standard InChI is InChI=1S/C16H16ClFN2/c17-14-9-13(6-7-15(14)18)20-10-12-4-1-3-11-5-2-8-19-16(11)12/h1,3-4,6-7,9,19-20H,2,5,8,10H2. The summed E-state index contributed by atoms with van der Waals surface area (Å²) >= 11 is 5.78. The van der Waals surface area contributed by atoms with Gasteiger partial charge in [-0.05, 0) is 42.2 Å². The molecular weight excluding hydrogens is 275 g/mol. The number of rotatable bonds is 3. The molecule has 104 valence electrons. The maximum absolute atomic E-state index is 13.1. The molecule has 2 N–H and O–H groups in total. The van der Waals surface area contributed by atoms with Crippen LogP contribution < -0.4 is 10.6 Å². The summed E-state index contributed by atoms with van der Waals surface area (Å²) in [5, 5.41) is 6.89. The third-order valence-electron chi connectivity index (χ3n) is 3.56. The highest BCUT2D eigenvalue weighted by molar-refractivity contribution is 6.31. The van der Waals surface area contributed by atoms with Crippen LogP contribution in [0.5, 0.6) is 0 Å². The van der Waals surface area contributed by atoms with Gasteiger partial charge in [0.05, 0.1) is 5.02 Å². The van der Waals surface area contributed by atoms with Gasteiger partial charge in [0, 0.05) is 24.5 Å².